The quantitative estimate of drug-likeness (QED) is 0.405. The average Bonchev–Trinajstić information content (AvgIpc) is 3.20. The second-order valence-electron chi connectivity index (χ2n) is 6.79. The summed E-state index contributed by atoms with van der Waals surface area (Å²) in [5.74, 6) is -0.402. The Labute approximate surface area is 189 Å². The zero-order chi connectivity index (χ0) is 23.1. The third kappa shape index (κ3) is 6.76. The molecule has 0 saturated carbocycles. The van der Waals surface area contributed by atoms with E-state index in [0.717, 1.165) is 22.5 Å². The molecule has 0 spiro atoms. The number of amides is 2. The van der Waals surface area contributed by atoms with Crippen molar-refractivity contribution in [3.8, 4) is 5.75 Å². The molecule has 0 aliphatic heterocycles. The summed E-state index contributed by atoms with van der Waals surface area (Å²) in [7, 11) is -3.34. The Morgan fingerprint density at radius 1 is 1.06 bits per heavy atom. The highest BCUT2D eigenvalue weighted by Crippen LogP contribution is 2.16. The van der Waals surface area contributed by atoms with Gasteiger partial charge in [0.25, 0.3) is 11.8 Å². The van der Waals surface area contributed by atoms with Crippen LogP contribution in [0.15, 0.2) is 64.9 Å². The van der Waals surface area contributed by atoms with Gasteiger partial charge in [0, 0.05) is 23.3 Å². The van der Waals surface area contributed by atoms with Crippen LogP contribution in [-0.2, 0) is 21.2 Å². The number of benzene rings is 2. The summed E-state index contributed by atoms with van der Waals surface area (Å²) in [4.78, 5) is 28.5. The van der Waals surface area contributed by atoms with Crippen LogP contribution in [0.2, 0.25) is 0 Å². The molecule has 0 radical (unpaired) electrons. The molecule has 2 amide bonds. The summed E-state index contributed by atoms with van der Waals surface area (Å²) in [6, 6.07) is 12.6. The van der Waals surface area contributed by atoms with Crippen molar-refractivity contribution >= 4 is 39.1 Å². The normalized spacial score (nSPS) is 11.3. The number of aromatic nitrogens is 1. The number of nitrogens with one attached hydrogen (secondary N) is 2. The molecular formula is C22H21N3O5S2. The van der Waals surface area contributed by atoms with E-state index in [1.807, 2.05) is 12.3 Å². The van der Waals surface area contributed by atoms with Crippen LogP contribution >= 0.6 is 11.3 Å². The Bertz CT molecular complexity index is 1230. The second kappa shape index (κ2) is 10.2. The number of carbonyl (C=O) groups is 2. The predicted octanol–water partition coefficient (Wildman–Crippen LogP) is 2.91. The Balaban J connectivity index is 1.46. The maximum atomic E-state index is 12.1. The number of nitrogens with zero attached hydrogens (tertiary/aromatic N) is 1. The third-order valence-electron chi connectivity index (χ3n) is 4.20. The van der Waals surface area contributed by atoms with Crippen LogP contribution in [0.25, 0.3) is 6.08 Å². The molecule has 2 aromatic carbocycles. The lowest BCUT2D eigenvalue weighted by atomic mass is 10.2. The fraction of sp³-hybridized carbons (Fsp3) is 0.136. The van der Waals surface area contributed by atoms with Crippen molar-refractivity contribution < 1.29 is 22.7 Å². The summed E-state index contributed by atoms with van der Waals surface area (Å²) in [5, 5.41) is 2.94. The first-order valence-corrected chi connectivity index (χ1v) is 12.2. The summed E-state index contributed by atoms with van der Waals surface area (Å²) in [6.45, 7) is 2.33. The molecular weight excluding hydrogens is 450 g/mol. The molecule has 0 bridgehead atoms. The number of aryl methyl sites for hydroxylation is 1. The molecule has 10 heteroatoms. The minimum absolute atomic E-state index is 0.107. The van der Waals surface area contributed by atoms with Crippen molar-refractivity contribution in [1.82, 2.24) is 15.8 Å². The Morgan fingerprint density at radius 2 is 1.75 bits per heavy atom. The number of ether oxygens (including phenoxy) is 1. The van der Waals surface area contributed by atoms with Gasteiger partial charge in [-0.2, -0.15) is 0 Å². The minimum Gasteiger partial charge on any atom is -0.487 e. The van der Waals surface area contributed by atoms with Gasteiger partial charge in [-0.25, -0.2) is 13.4 Å². The van der Waals surface area contributed by atoms with Gasteiger partial charge in [-0.1, -0.05) is 12.1 Å². The Hall–Kier alpha value is -3.50. The molecule has 0 aliphatic rings. The van der Waals surface area contributed by atoms with E-state index < -0.39 is 21.7 Å². The summed E-state index contributed by atoms with van der Waals surface area (Å²) < 4.78 is 28.6. The number of hydrogen-bond donors (Lipinski definition) is 2. The van der Waals surface area contributed by atoms with Gasteiger partial charge in [0.2, 0.25) is 0 Å². The molecule has 32 heavy (non-hydrogen) atoms. The van der Waals surface area contributed by atoms with Crippen LogP contribution in [0.4, 0.5) is 0 Å². The predicted molar refractivity (Wildman–Crippen MR) is 122 cm³/mol. The maximum absolute atomic E-state index is 12.1. The zero-order valence-electron chi connectivity index (χ0n) is 17.4. The van der Waals surface area contributed by atoms with Crippen LogP contribution in [0.3, 0.4) is 0 Å². The Morgan fingerprint density at radius 3 is 2.34 bits per heavy atom. The molecule has 0 aliphatic carbocycles. The van der Waals surface area contributed by atoms with Crippen molar-refractivity contribution in [2.75, 3.05) is 6.26 Å². The molecule has 0 atom stereocenters. The topological polar surface area (TPSA) is 114 Å². The number of thiazole rings is 1. The lowest BCUT2D eigenvalue weighted by molar-refractivity contribution is -0.117. The first-order chi connectivity index (χ1) is 15.2. The first-order valence-electron chi connectivity index (χ1n) is 9.43. The lowest BCUT2D eigenvalue weighted by Crippen LogP contribution is -2.40. The van der Waals surface area contributed by atoms with E-state index in [2.05, 4.69) is 15.8 Å². The first kappa shape index (κ1) is 23.2. The zero-order valence-corrected chi connectivity index (χ0v) is 19.0. The van der Waals surface area contributed by atoms with E-state index >= 15 is 0 Å². The molecule has 3 rings (SSSR count). The van der Waals surface area contributed by atoms with Gasteiger partial charge < -0.3 is 4.74 Å². The SMILES string of the molecule is Cc1nc(COc2ccc(/C=C/C(=O)NNC(=O)c3ccc(S(C)(=O)=O)cc3)cc2)cs1. The number of carbonyl (C=O) groups excluding carboxylic acids is 2. The molecule has 3 aromatic rings. The van der Waals surface area contributed by atoms with E-state index in [9.17, 15) is 18.0 Å². The molecule has 166 valence electrons. The number of rotatable bonds is 7. The fourth-order valence-corrected chi connectivity index (χ4v) is 3.79. The van der Waals surface area contributed by atoms with E-state index in [-0.39, 0.29) is 10.5 Å². The summed E-state index contributed by atoms with van der Waals surface area (Å²) in [5.41, 5.74) is 6.41. The molecule has 1 aromatic heterocycles. The van der Waals surface area contributed by atoms with Crippen LogP contribution in [0.1, 0.15) is 26.6 Å². The molecule has 2 N–H and O–H groups in total. The molecule has 0 unspecified atom stereocenters. The largest absolute Gasteiger partial charge is 0.487 e. The van der Waals surface area contributed by atoms with Gasteiger partial charge in [0.05, 0.1) is 15.6 Å². The molecule has 8 nitrogen and oxygen atoms in total. The average molecular weight is 472 g/mol. The highest BCUT2D eigenvalue weighted by atomic mass is 32.2. The minimum atomic E-state index is -3.34. The van der Waals surface area contributed by atoms with E-state index in [0.29, 0.717) is 12.4 Å². The van der Waals surface area contributed by atoms with Crippen LogP contribution in [-0.4, -0.2) is 31.5 Å². The lowest BCUT2D eigenvalue weighted by Gasteiger charge is -2.06. The van der Waals surface area contributed by atoms with Gasteiger partial charge in [0.1, 0.15) is 12.4 Å². The van der Waals surface area contributed by atoms with Crippen LogP contribution in [0, 0.1) is 6.92 Å². The van der Waals surface area contributed by atoms with Crippen molar-refractivity contribution in [3.05, 3.63) is 81.8 Å². The molecule has 1 heterocycles. The van der Waals surface area contributed by atoms with E-state index in [4.69, 9.17) is 4.74 Å². The number of sulfone groups is 1. The van der Waals surface area contributed by atoms with Gasteiger partial charge >= 0.3 is 0 Å². The highest BCUT2D eigenvalue weighted by Gasteiger charge is 2.10. The highest BCUT2D eigenvalue weighted by molar-refractivity contribution is 7.90. The standard InChI is InChI=1S/C22H21N3O5S2/c1-15-23-18(14-31-15)13-30-19-8-3-16(4-9-19)5-12-21(26)24-25-22(27)17-6-10-20(11-7-17)32(2,28)29/h3-12,14H,13H2,1-2H3,(H,24,26)(H,25,27)/b12-5+. The van der Waals surface area contributed by atoms with Crippen molar-refractivity contribution in [3.63, 3.8) is 0 Å². The fourth-order valence-electron chi connectivity index (χ4n) is 2.56. The van der Waals surface area contributed by atoms with Gasteiger partial charge in [0.15, 0.2) is 9.84 Å². The monoisotopic (exact) mass is 471 g/mol. The van der Waals surface area contributed by atoms with Crippen molar-refractivity contribution in [2.24, 2.45) is 0 Å². The van der Waals surface area contributed by atoms with Gasteiger partial charge in [-0.3, -0.25) is 20.4 Å². The maximum Gasteiger partial charge on any atom is 0.269 e. The smallest absolute Gasteiger partial charge is 0.269 e. The molecule has 0 saturated heterocycles. The second-order valence-corrected chi connectivity index (χ2v) is 9.87. The summed E-state index contributed by atoms with van der Waals surface area (Å²) in [6.07, 6.45) is 3.95. The van der Waals surface area contributed by atoms with Gasteiger partial charge in [-0.05, 0) is 55.0 Å². The van der Waals surface area contributed by atoms with Gasteiger partial charge in [-0.15, -0.1) is 11.3 Å². The summed E-state index contributed by atoms with van der Waals surface area (Å²) >= 11 is 1.57. The van der Waals surface area contributed by atoms with Crippen molar-refractivity contribution in [1.29, 1.82) is 0 Å². The molecule has 0 fully saturated rings. The number of hydrogen-bond acceptors (Lipinski definition) is 7. The van der Waals surface area contributed by atoms with E-state index in [1.54, 1.807) is 41.7 Å². The van der Waals surface area contributed by atoms with Crippen molar-refractivity contribution in [2.45, 2.75) is 18.4 Å². The van der Waals surface area contributed by atoms with Crippen LogP contribution in [0.5, 0.6) is 5.75 Å². The van der Waals surface area contributed by atoms with Crippen LogP contribution < -0.4 is 15.6 Å². The number of hydrazine groups is 1. The van der Waals surface area contributed by atoms with E-state index in [1.165, 1.54) is 30.3 Å². The third-order valence-corrected chi connectivity index (χ3v) is 6.16. The Kier molecular flexibility index (Phi) is 7.39.